The molecule has 0 aliphatic heterocycles. The van der Waals surface area contributed by atoms with Crippen LogP contribution >= 0.6 is 0 Å². The molecule has 4 nitrogen and oxygen atoms in total. The SMILES string of the molecule is COCC(C)CNc1ccnc(OC)c1. The molecule has 0 spiro atoms. The van der Waals surface area contributed by atoms with Crippen LogP contribution in [-0.2, 0) is 4.74 Å². The van der Waals surface area contributed by atoms with Gasteiger partial charge in [0, 0.05) is 31.6 Å². The van der Waals surface area contributed by atoms with Gasteiger partial charge in [0.05, 0.1) is 13.7 Å². The molecule has 1 aromatic rings. The normalized spacial score (nSPS) is 12.2. The van der Waals surface area contributed by atoms with Gasteiger partial charge in [-0.15, -0.1) is 0 Å². The number of hydrogen-bond donors (Lipinski definition) is 1. The number of hydrogen-bond acceptors (Lipinski definition) is 4. The Labute approximate surface area is 90.6 Å². The minimum Gasteiger partial charge on any atom is -0.481 e. The summed E-state index contributed by atoms with van der Waals surface area (Å²) in [6.45, 7) is 3.77. The van der Waals surface area contributed by atoms with Gasteiger partial charge in [-0.1, -0.05) is 6.92 Å². The third kappa shape index (κ3) is 4.16. The quantitative estimate of drug-likeness (QED) is 0.777. The smallest absolute Gasteiger partial charge is 0.214 e. The summed E-state index contributed by atoms with van der Waals surface area (Å²) in [6, 6.07) is 3.79. The Morgan fingerprint density at radius 3 is 2.93 bits per heavy atom. The molecule has 4 heteroatoms. The molecule has 0 bridgehead atoms. The average molecular weight is 210 g/mol. The third-order valence-electron chi connectivity index (χ3n) is 2.05. The van der Waals surface area contributed by atoms with Crippen molar-refractivity contribution in [3.05, 3.63) is 18.3 Å². The summed E-state index contributed by atoms with van der Waals surface area (Å²) in [5.74, 6) is 1.11. The molecule has 0 aliphatic rings. The summed E-state index contributed by atoms with van der Waals surface area (Å²) in [5, 5.41) is 3.30. The lowest BCUT2D eigenvalue weighted by Crippen LogP contribution is -2.15. The van der Waals surface area contributed by atoms with E-state index in [1.54, 1.807) is 20.4 Å². The zero-order valence-corrected chi connectivity index (χ0v) is 9.49. The molecule has 0 radical (unpaired) electrons. The fourth-order valence-electron chi connectivity index (χ4n) is 1.27. The fraction of sp³-hybridized carbons (Fsp3) is 0.545. The van der Waals surface area contributed by atoms with Gasteiger partial charge in [-0.3, -0.25) is 0 Å². The Kier molecular flexibility index (Phi) is 4.90. The number of aromatic nitrogens is 1. The molecule has 0 amide bonds. The van der Waals surface area contributed by atoms with Gasteiger partial charge in [-0.05, 0) is 12.0 Å². The van der Waals surface area contributed by atoms with E-state index >= 15 is 0 Å². The van der Waals surface area contributed by atoms with Crippen LogP contribution in [-0.4, -0.2) is 32.4 Å². The summed E-state index contributed by atoms with van der Waals surface area (Å²) >= 11 is 0. The van der Waals surface area contributed by atoms with Crippen LogP contribution < -0.4 is 10.1 Å². The van der Waals surface area contributed by atoms with Crippen molar-refractivity contribution >= 4 is 5.69 Å². The molecule has 0 aromatic carbocycles. The molecule has 0 saturated carbocycles. The van der Waals surface area contributed by atoms with Crippen molar-refractivity contribution in [1.82, 2.24) is 4.98 Å². The van der Waals surface area contributed by atoms with Crippen molar-refractivity contribution in [3.63, 3.8) is 0 Å². The maximum absolute atomic E-state index is 5.06. The van der Waals surface area contributed by atoms with Crippen LogP contribution in [0.25, 0.3) is 0 Å². The topological polar surface area (TPSA) is 43.4 Å². The van der Waals surface area contributed by atoms with Crippen molar-refractivity contribution in [3.8, 4) is 5.88 Å². The van der Waals surface area contributed by atoms with Crippen molar-refractivity contribution in [2.24, 2.45) is 5.92 Å². The molecule has 1 aromatic heterocycles. The van der Waals surface area contributed by atoms with Gasteiger partial charge in [0.15, 0.2) is 0 Å². The largest absolute Gasteiger partial charge is 0.481 e. The van der Waals surface area contributed by atoms with Gasteiger partial charge in [-0.2, -0.15) is 0 Å². The molecule has 1 atom stereocenters. The molecule has 1 rings (SSSR count). The Morgan fingerprint density at radius 2 is 2.27 bits per heavy atom. The predicted octanol–water partition coefficient (Wildman–Crippen LogP) is 1.78. The monoisotopic (exact) mass is 210 g/mol. The summed E-state index contributed by atoms with van der Waals surface area (Å²) in [6.07, 6.45) is 1.72. The molecule has 1 heterocycles. The van der Waals surface area contributed by atoms with Crippen molar-refractivity contribution in [2.45, 2.75) is 6.92 Å². The van der Waals surface area contributed by atoms with Crippen molar-refractivity contribution in [1.29, 1.82) is 0 Å². The second-order valence-electron chi connectivity index (χ2n) is 3.53. The van der Waals surface area contributed by atoms with E-state index in [4.69, 9.17) is 9.47 Å². The zero-order valence-electron chi connectivity index (χ0n) is 9.49. The van der Waals surface area contributed by atoms with E-state index in [0.29, 0.717) is 11.8 Å². The summed E-state index contributed by atoms with van der Waals surface area (Å²) in [7, 11) is 3.33. The second kappa shape index (κ2) is 6.24. The van der Waals surface area contributed by atoms with Crippen LogP contribution in [0.5, 0.6) is 5.88 Å². The molecule has 1 unspecified atom stereocenters. The van der Waals surface area contributed by atoms with E-state index < -0.39 is 0 Å². The Bertz CT molecular complexity index is 292. The number of methoxy groups -OCH3 is 2. The molecule has 1 N–H and O–H groups in total. The van der Waals surface area contributed by atoms with Crippen LogP contribution in [0.15, 0.2) is 18.3 Å². The van der Waals surface area contributed by atoms with Gasteiger partial charge in [0.25, 0.3) is 0 Å². The molecular formula is C11H18N2O2. The number of ether oxygens (including phenoxy) is 2. The highest BCUT2D eigenvalue weighted by Gasteiger charge is 2.01. The first-order valence-corrected chi connectivity index (χ1v) is 4.99. The molecular weight excluding hydrogens is 192 g/mol. The van der Waals surface area contributed by atoms with Gasteiger partial charge in [-0.25, -0.2) is 4.98 Å². The maximum Gasteiger partial charge on any atom is 0.214 e. The molecule has 0 fully saturated rings. The van der Waals surface area contributed by atoms with E-state index in [0.717, 1.165) is 18.8 Å². The Morgan fingerprint density at radius 1 is 1.47 bits per heavy atom. The van der Waals surface area contributed by atoms with Crippen LogP contribution in [0.2, 0.25) is 0 Å². The van der Waals surface area contributed by atoms with E-state index in [2.05, 4.69) is 17.2 Å². The van der Waals surface area contributed by atoms with Crippen LogP contribution in [0.1, 0.15) is 6.92 Å². The number of nitrogens with one attached hydrogen (secondary N) is 1. The van der Waals surface area contributed by atoms with Gasteiger partial charge in [0.1, 0.15) is 0 Å². The van der Waals surface area contributed by atoms with Crippen LogP contribution in [0.3, 0.4) is 0 Å². The Hall–Kier alpha value is -1.29. The van der Waals surface area contributed by atoms with Crippen molar-refractivity contribution in [2.75, 3.05) is 32.7 Å². The van der Waals surface area contributed by atoms with E-state index in [1.807, 2.05) is 12.1 Å². The third-order valence-corrected chi connectivity index (χ3v) is 2.05. The number of anilines is 1. The molecule has 0 aliphatic carbocycles. The van der Waals surface area contributed by atoms with Gasteiger partial charge < -0.3 is 14.8 Å². The van der Waals surface area contributed by atoms with Crippen LogP contribution in [0.4, 0.5) is 5.69 Å². The predicted molar refractivity (Wildman–Crippen MR) is 60.3 cm³/mol. The summed E-state index contributed by atoms with van der Waals surface area (Å²) < 4.78 is 10.1. The number of nitrogens with zero attached hydrogens (tertiary/aromatic N) is 1. The van der Waals surface area contributed by atoms with Crippen molar-refractivity contribution < 1.29 is 9.47 Å². The zero-order chi connectivity index (χ0) is 11.1. The first-order chi connectivity index (χ1) is 7.26. The highest BCUT2D eigenvalue weighted by atomic mass is 16.5. The van der Waals surface area contributed by atoms with Crippen LogP contribution in [0, 0.1) is 5.92 Å². The van der Waals surface area contributed by atoms with E-state index in [-0.39, 0.29) is 0 Å². The van der Waals surface area contributed by atoms with Gasteiger partial charge in [0.2, 0.25) is 5.88 Å². The standard InChI is InChI=1S/C11H18N2O2/c1-9(8-14-2)7-13-10-4-5-12-11(6-10)15-3/h4-6,9H,7-8H2,1-3H3,(H,12,13). The van der Waals surface area contributed by atoms with E-state index in [9.17, 15) is 0 Å². The molecule has 84 valence electrons. The van der Waals surface area contributed by atoms with E-state index in [1.165, 1.54) is 0 Å². The number of pyridine rings is 1. The second-order valence-corrected chi connectivity index (χ2v) is 3.53. The summed E-state index contributed by atoms with van der Waals surface area (Å²) in [4.78, 5) is 4.03. The molecule has 0 saturated heterocycles. The lowest BCUT2D eigenvalue weighted by molar-refractivity contribution is 0.164. The van der Waals surface area contributed by atoms with Gasteiger partial charge >= 0.3 is 0 Å². The minimum absolute atomic E-state index is 0.481. The highest BCUT2D eigenvalue weighted by molar-refractivity contribution is 5.44. The molecule has 15 heavy (non-hydrogen) atoms. The first-order valence-electron chi connectivity index (χ1n) is 4.99. The Balaban J connectivity index is 2.43. The number of rotatable bonds is 6. The minimum atomic E-state index is 0.481. The lowest BCUT2D eigenvalue weighted by Gasteiger charge is -2.12. The average Bonchev–Trinajstić information content (AvgIpc) is 2.27. The maximum atomic E-state index is 5.06. The highest BCUT2D eigenvalue weighted by Crippen LogP contribution is 2.13. The summed E-state index contributed by atoms with van der Waals surface area (Å²) in [5.41, 5.74) is 1.02. The fourth-order valence-corrected chi connectivity index (χ4v) is 1.27. The first kappa shape index (κ1) is 11.8. The lowest BCUT2D eigenvalue weighted by atomic mass is 10.2.